The molecule has 17 heavy (non-hydrogen) atoms. The maximum absolute atomic E-state index is 12.6. The molecule has 0 saturated heterocycles. The van der Waals surface area contributed by atoms with Crippen LogP contribution in [0.4, 0.5) is 10.2 Å². The van der Waals surface area contributed by atoms with Crippen LogP contribution in [-0.2, 0) is 6.42 Å². The van der Waals surface area contributed by atoms with Crippen molar-refractivity contribution in [2.45, 2.75) is 13.3 Å². The number of hydrogen-bond acceptors (Lipinski definition) is 3. The molecule has 5 nitrogen and oxygen atoms in total. The Kier molecular flexibility index (Phi) is 3.13. The SMILES string of the molecule is CCc1cn[nH]c1NC(=O)c1ccc(F)cn1. The number of carbonyl (C=O) groups is 1. The van der Waals surface area contributed by atoms with Gasteiger partial charge in [0.25, 0.3) is 5.91 Å². The number of nitrogens with one attached hydrogen (secondary N) is 2. The van der Waals surface area contributed by atoms with Crippen LogP contribution in [0.25, 0.3) is 0 Å². The highest BCUT2D eigenvalue weighted by molar-refractivity contribution is 6.02. The van der Waals surface area contributed by atoms with Gasteiger partial charge in [0, 0.05) is 5.56 Å². The van der Waals surface area contributed by atoms with Crippen LogP contribution in [0, 0.1) is 5.82 Å². The zero-order valence-corrected chi connectivity index (χ0v) is 9.20. The molecule has 2 heterocycles. The van der Waals surface area contributed by atoms with Gasteiger partial charge in [-0.25, -0.2) is 9.37 Å². The summed E-state index contributed by atoms with van der Waals surface area (Å²) in [5.41, 5.74) is 1.06. The van der Waals surface area contributed by atoms with E-state index in [0.717, 1.165) is 18.2 Å². The van der Waals surface area contributed by atoms with E-state index in [0.29, 0.717) is 5.82 Å². The minimum absolute atomic E-state index is 0.156. The van der Waals surface area contributed by atoms with Crippen molar-refractivity contribution < 1.29 is 9.18 Å². The summed E-state index contributed by atoms with van der Waals surface area (Å²) in [5, 5.41) is 9.15. The maximum atomic E-state index is 12.6. The highest BCUT2D eigenvalue weighted by atomic mass is 19.1. The molecule has 0 unspecified atom stereocenters. The molecule has 2 aromatic heterocycles. The molecule has 6 heteroatoms. The number of aryl methyl sites for hydroxylation is 1. The third-order valence-corrected chi connectivity index (χ3v) is 2.30. The molecule has 2 rings (SSSR count). The molecule has 0 aromatic carbocycles. The van der Waals surface area contributed by atoms with Crippen molar-refractivity contribution >= 4 is 11.7 Å². The van der Waals surface area contributed by atoms with E-state index in [1.807, 2.05) is 6.92 Å². The van der Waals surface area contributed by atoms with E-state index in [-0.39, 0.29) is 5.69 Å². The minimum atomic E-state index is -0.475. The van der Waals surface area contributed by atoms with E-state index < -0.39 is 11.7 Å². The van der Waals surface area contributed by atoms with E-state index >= 15 is 0 Å². The fourth-order valence-corrected chi connectivity index (χ4v) is 1.38. The highest BCUT2D eigenvalue weighted by Gasteiger charge is 2.10. The molecule has 0 bridgehead atoms. The number of aromatic nitrogens is 3. The fourth-order valence-electron chi connectivity index (χ4n) is 1.38. The Bertz CT molecular complexity index is 521. The van der Waals surface area contributed by atoms with Crippen molar-refractivity contribution in [1.29, 1.82) is 0 Å². The van der Waals surface area contributed by atoms with E-state index in [9.17, 15) is 9.18 Å². The lowest BCUT2D eigenvalue weighted by Crippen LogP contribution is -2.14. The van der Waals surface area contributed by atoms with Gasteiger partial charge in [0.15, 0.2) is 0 Å². The second kappa shape index (κ2) is 4.73. The van der Waals surface area contributed by atoms with Crippen LogP contribution in [0.15, 0.2) is 24.5 Å². The number of aromatic amines is 1. The van der Waals surface area contributed by atoms with Crippen molar-refractivity contribution in [2.24, 2.45) is 0 Å². The van der Waals surface area contributed by atoms with Gasteiger partial charge in [0.1, 0.15) is 17.3 Å². The molecule has 0 aliphatic rings. The molecule has 0 saturated carbocycles. The Morgan fingerprint density at radius 1 is 1.47 bits per heavy atom. The maximum Gasteiger partial charge on any atom is 0.275 e. The number of H-pyrrole nitrogens is 1. The van der Waals surface area contributed by atoms with Gasteiger partial charge in [0.05, 0.1) is 12.4 Å². The zero-order valence-electron chi connectivity index (χ0n) is 9.20. The number of anilines is 1. The Morgan fingerprint density at radius 2 is 2.29 bits per heavy atom. The Labute approximate surface area is 97.1 Å². The second-order valence-corrected chi connectivity index (χ2v) is 3.44. The van der Waals surface area contributed by atoms with Crippen LogP contribution in [0.2, 0.25) is 0 Å². The summed E-state index contributed by atoms with van der Waals surface area (Å²) in [6.45, 7) is 1.96. The molecule has 0 aliphatic heterocycles. The van der Waals surface area contributed by atoms with Gasteiger partial charge >= 0.3 is 0 Å². The first-order chi connectivity index (χ1) is 8.20. The van der Waals surface area contributed by atoms with Crippen LogP contribution in [0.1, 0.15) is 23.0 Å². The van der Waals surface area contributed by atoms with Crippen molar-refractivity contribution in [3.8, 4) is 0 Å². The normalized spacial score (nSPS) is 10.2. The van der Waals surface area contributed by atoms with Crippen LogP contribution in [0.5, 0.6) is 0 Å². The van der Waals surface area contributed by atoms with Crippen molar-refractivity contribution in [3.63, 3.8) is 0 Å². The molecular weight excluding hydrogens is 223 g/mol. The quantitative estimate of drug-likeness (QED) is 0.850. The average Bonchev–Trinajstić information content (AvgIpc) is 2.77. The number of carbonyl (C=O) groups excluding carboxylic acids is 1. The second-order valence-electron chi connectivity index (χ2n) is 3.44. The molecular formula is C11H11FN4O. The smallest absolute Gasteiger partial charge is 0.275 e. The van der Waals surface area contributed by atoms with Crippen molar-refractivity contribution in [3.05, 3.63) is 41.6 Å². The highest BCUT2D eigenvalue weighted by Crippen LogP contribution is 2.12. The first-order valence-corrected chi connectivity index (χ1v) is 5.16. The standard InChI is InChI=1S/C11H11FN4O/c1-2-7-5-14-16-10(7)15-11(17)9-4-3-8(12)6-13-9/h3-6H,2H2,1H3,(H2,14,15,16,17). The number of nitrogens with zero attached hydrogens (tertiary/aromatic N) is 2. The van der Waals surface area contributed by atoms with Gasteiger partial charge in [-0.2, -0.15) is 5.10 Å². The number of pyridine rings is 1. The number of rotatable bonds is 3. The van der Waals surface area contributed by atoms with Gasteiger partial charge in [-0.1, -0.05) is 6.92 Å². The third-order valence-electron chi connectivity index (χ3n) is 2.30. The number of hydrogen-bond donors (Lipinski definition) is 2. The molecule has 0 aliphatic carbocycles. The molecule has 2 aromatic rings. The predicted molar refractivity (Wildman–Crippen MR) is 60.1 cm³/mol. The Balaban J connectivity index is 2.14. The summed E-state index contributed by atoms with van der Waals surface area (Å²) in [5.74, 6) is -0.329. The van der Waals surface area contributed by atoms with E-state index in [1.54, 1.807) is 6.20 Å². The number of halogens is 1. The first kappa shape index (κ1) is 11.3. The van der Waals surface area contributed by atoms with Gasteiger partial charge in [-0.05, 0) is 18.6 Å². The van der Waals surface area contributed by atoms with Crippen molar-refractivity contribution in [2.75, 3.05) is 5.32 Å². The van der Waals surface area contributed by atoms with Gasteiger partial charge < -0.3 is 5.32 Å². The molecule has 2 N–H and O–H groups in total. The summed E-state index contributed by atoms with van der Waals surface area (Å²) in [4.78, 5) is 15.4. The van der Waals surface area contributed by atoms with E-state index in [4.69, 9.17) is 0 Å². The van der Waals surface area contributed by atoms with Crippen LogP contribution in [-0.4, -0.2) is 21.1 Å². The minimum Gasteiger partial charge on any atom is -0.305 e. The lowest BCUT2D eigenvalue weighted by molar-refractivity contribution is 0.102. The topological polar surface area (TPSA) is 70.7 Å². The van der Waals surface area contributed by atoms with Gasteiger partial charge in [-0.15, -0.1) is 0 Å². The zero-order chi connectivity index (χ0) is 12.3. The molecule has 0 fully saturated rings. The van der Waals surface area contributed by atoms with Crippen LogP contribution < -0.4 is 5.32 Å². The summed E-state index contributed by atoms with van der Waals surface area (Å²) in [7, 11) is 0. The Hall–Kier alpha value is -2.24. The van der Waals surface area contributed by atoms with Crippen LogP contribution in [0.3, 0.4) is 0 Å². The van der Waals surface area contributed by atoms with E-state index in [2.05, 4.69) is 20.5 Å². The number of amides is 1. The monoisotopic (exact) mass is 234 g/mol. The summed E-state index contributed by atoms with van der Waals surface area (Å²) in [6, 6.07) is 2.52. The lowest BCUT2D eigenvalue weighted by atomic mass is 10.2. The predicted octanol–water partition coefficient (Wildman–Crippen LogP) is 1.76. The lowest BCUT2D eigenvalue weighted by Gasteiger charge is -2.03. The molecule has 1 amide bonds. The summed E-state index contributed by atoms with van der Waals surface area (Å²) >= 11 is 0. The van der Waals surface area contributed by atoms with Gasteiger partial charge in [-0.3, -0.25) is 9.89 Å². The van der Waals surface area contributed by atoms with Crippen molar-refractivity contribution in [1.82, 2.24) is 15.2 Å². The third kappa shape index (κ3) is 2.47. The molecule has 0 radical (unpaired) electrons. The molecule has 88 valence electrons. The average molecular weight is 234 g/mol. The largest absolute Gasteiger partial charge is 0.305 e. The molecule has 0 spiro atoms. The van der Waals surface area contributed by atoms with Gasteiger partial charge in [0.2, 0.25) is 0 Å². The van der Waals surface area contributed by atoms with Crippen LogP contribution >= 0.6 is 0 Å². The van der Waals surface area contributed by atoms with E-state index in [1.165, 1.54) is 12.1 Å². The molecule has 0 atom stereocenters. The Morgan fingerprint density at radius 3 is 2.94 bits per heavy atom. The summed E-state index contributed by atoms with van der Waals surface area (Å²) < 4.78 is 12.6. The summed E-state index contributed by atoms with van der Waals surface area (Å²) in [6.07, 6.45) is 3.40. The fraction of sp³-hybridized carbons (Fsp3) is 0.182. The first-order valence-electron chi connectivity index (χ1n) is 5.16.